The number of rotatable bonds is 6. The lowest BCUT2D eigenvalue weighted by atomic mass is 9.67. The Balaban J connectivity index is 1.46. The summed E-state index contributed by atoms with van der Waals surface area (Å²) in [5, 5.41) is 11.1. The van der Waals surface area contributed by atoms with Crippen LogP contribution in [-0.2, 0) is 5.54 Å². The number of nitrogens with zero attached hydrogens (tertiary/aromatic N) is 3. The highest BCUT2D eigenvalue weighted by molar-refractivity contribution is 5.97. The van der Waals surface area contributed by atoms with E-state index in [1.807, 2.05) is 9.80 Å². The Morgan fingerprint density at radius 2 is 1.60 bits per heavy atom. The van der Waals surface area contributed by atoms with E-state index in [4.69, 9.17) is 5.73 Å². The van der Waals surface area contributed by atoms with E-state index in [1.165, 1.54) is 5.56 Å². The van der Waals surface area contributed by atoms with Crippen LogP contribution in [0.2, 0.25) is 0 Å². The number of β-amino-alcohol motifs (C(OH)–C–C–N with tert-alkyl or cyclic N) is 1. The van der Waals surface area contributed by atoms with Crippen molar-refractivity contribution in [2.24, 2.45) is 5.73 Å². The maximum atomic E-state index is 13.8. The Bertz CT molecular complexity index is 1090. The van der Waals surface area contributed by atoms with Gasteiger partial charge in [0, 0.05) is 16.8 Å². The molecule has 0 aromatic heterocycles. The van der Waals surface area contributed by atoms with E-state index in [9.17, 15) is 14.7 Å². The summed E-state index contributed by atoms with van der Waals surface area (Å²) in [6.45, 7) is 0.956. The van der Waals surface area contributed by atoms with E-state index in [2.05, 4.69) is 49.3 Å². The molecule has 5 rings (SSSR count). The van der Waals surface area contributed by atoms with Gasteiger partial charge in [0.05, 0.1) is 24.2 Å². The van der Waals surface area contributed by atoms with E-state index in [0.717, 1.165) is 50.6 Å². The van der Waals surface area contributed by atoms with Crippen molar-refractivity contribution in [3.05, 3.63) is 65.7 Å². The Hall–Kier alpha value is -2.90. The van der Waals surface area contributed by atoms with Gasteiger partial charge in [-0.25, -0.2) is 4.79 Å². The Labute approximate surface area is 207 Å². The monoisotopic (exact) mass is 476 g/mol. The van der Waals surface area contributed by atoms with Crippen molar-refractivity contribution < 1.29 is 14.7 Å². The SMILES string of the molecule is CN(C)[C@]1(c2ccccc2)CC[C@@]2(CC1)CN(c1ccc(C(N)=O)cc1)C(=O)N2CC1(O)CCC1. The van der Waals surface area contributed by atoms with Gasteiger partial charge in [0.15, 0.2) is 0 Å². The zero-order chi connectivity index (χ0) is 24.8. The maximum Gasteiger partial charge on any atom is 0.325 e. The first-order valence-electron chi connectivity index (χ1n) is 12.6. The van der Waals surface area contributed by atoms with Crippen LogP contribution in [-0.4, -0.2) is 65.2 Å². The molecule has 35 heavy (non-hydrogen) atoms. The Morgan fingerprint density at radius 3 is 2.11 bits per heavy atom. The molecule has 2 aromatic rings. The summed E-state index contributed by atoms with van der Waals surface area (Å²) in [5.41, 5.74) is 6.70. The lowest BCUT2D eigenvalue weighted by Crippen LogP contribution is -2.59. The van der Waals surface area contributed by atoms with E-state index < -0.39 is 11.5 Å². The van der Waals surface area contributed by atoms with Crippen molar-refractivity contribution in [2.75, 3.05) is 32.1 Å². The van der Waals surface area contributed by atoms with Gasteiger partial charge in [0.2, 0.25) is 5.91 Å². The number of amides is 3. The minimum atomic E-state index is -0.788. The van der Waals surface area contributed by atoms with Crippen molar-refractivity contribution in [3.8, 4) is 0 Å². The predicted octanol–water partition coefficient (Wildman–Crippen LogP) is 3.71. The number of nitrogens with two attached hydrogens (primary N) is 1. The highest BCUT2D eigenvalue weighted by atomic mass is 16.3. The van der Waals surface area contributed by atoms with Crippen LogP contribution in [0.15, 0.2) is 54.6 Å². The minimum absolute atomic E-state index is 0.0609. The predicted molar refractivity (Wildman–Crippen MR) is 136 cm³/mol. The molecule has 7 nitrogen and oxygen atoms in total. The molecule has 0 atom stereocenters. The van der Waals surface area contributed by atoms with E-state index >= 15 is 0 Å². The van der Waals surface area contributed by atoms with Crippen molar-refractivity contribution in [3.63, 3.8) is 0 Å². The first kappa shape index (κ1) is 23.8. The second-order valence-electron chi connectivity index (χ2n) is 11.0. The first-order valence-corrected chi connectivity index (χ1v) is 12.6. The van der Waals surface area contributed by atoms with Crippen molar-refractivity contribution in [1.29, 1.82) is 0 Å². The third kappa shape index (κ3) is 4.00. The molecule has 3 fully saturated rings. The van der Waals surface area contributed by atoms with Gasteiger partial charge in [-0.1, -0.05) is 30.3 Å². The van der Waals surface area contributed by atoms with Crippen molar-refractivity contribution in [1.82, 2.24) is 9.80 Å². The van der Waals surface area contributed by atoms with Gasteiger partial charge >= 0.3 is 6.03 Å². The lowest BCUT2D eigenvalue weighted by Gasteiger charge is -2.52. The quantitative estimate of drug-likeness (QED) is 0.665. The standard InChI is InChI=1S/C28H36N4O3/c1-30(2)28(22-7-4-3-5-8-22)17-15-26(16-18-28)19-31(23-11-9-21(10-12-23)24(29)33)25(34)32(26)20-27(35)13-6-14-27/h3-5,7-12,35H,6,13-20H2,1-2H3,(H2,29,33)/t26-,28-. The van der Waals surface area contributed by atoms with Crippen LogP contribution >= 0.6 is 0 Å². The molecule has 3 aliphatic rings. The van der Waals surface area contributed by atoms with Gasteiger partial charge in [0.1, 0.15) is 0 Å². The molecule has 1 heterocycles. The van der Waals surface area contributed by atoms with Crippen LogP contribution in [0.3, 0.4) is 0 Å². The number of anilines is 1. The summed E-state index contributed by atoms with van der Waals surface area (Å²) in [6, 6.07) is 17.5. The lowest BCUT2D eigenvalue weighted by molar-refractivity contribution is -0.0725. The first-order chi connectivity index (χ1) is 16.7. The fourth-order valence-electron chi connectivity index (χ4n) is 6.38. The summed E-state index contributed by atoms with van der Waals surface area (Å²) in [7, 11) is 4.29. The van der Waals surface area contributed by atoms with Crippen LogP contribution in [0.25, 0.3) is 0 Å². The summed E-state index contributed by atoms with van der Waals surface area (Å²) < 4.78 is 0. The van der Waals surface area contributed by atoms with Crippen LogP contribution in [0.5, 0.6) is 0 Å². The minimum Gasteiger partial charge on any atom is -0.388 e. The summed E-state index contributed by atoms with van der Waals surface area (Å²) in [5.74, 6) is -0.484. The van der Waals surface area contributed by atoms with Crippen molar-refractivity contribution in [2.45, 2.75) is 61.6 Å². The van der Waals surface area contributed by atoms with Gasteiger partial charge in [-0.05, 0) is 88.9 Å². The zero-order valence-corrected chi connectivity index (χ0v) is 20.7. The molecule has 1 saturated heterocycles. The van der Waals surface area contributed by atoms with Gasteiger partial charge < -0.3 is 15.7 Å². The molecule has 0 radical (unpaired) electrons. The average molecular weight is 477 g/mol. The molecule has 2 aromatic carbocycles. The van der Waals surface area contributed by atoms with Gasteiger partial charge in [-0.15, -0.1) is 0 Å². The number of benzene rings is 2. The average Bonchev–Trinajstić information content (AvgIpc) is 3.10. The van der Waals surface area contributed by atoms with Crippen LogP contribution in [0, 0.1) is 0 Å². The molecule has 1 aliphatic heterocycles. The number of carbonyl (C=O) groups excluding carboxylic acids is 2. The zero-order valence-electron chi connectivity index (χ0n) is 20.7. The largest absolute Gasteiger partial charge is 0.388 e. The molecule has 0 bridgehead atoms. The van der Waals surface area contributed by atoms with Crippen LogP contribution in [0.4, 0.5) is 10.5 Å². The third-order valence-corrected chi connectivity index (χ3v) is 8.86. The maximum absolute atomic E-state index is 13.8. The molecule has 3 amide bonds. The molecule has 3 N–H and O–H groups in total. The fourth-order valence-corrected chi connectivity index (χ4v) is 6.38. The smallest absolute Gasteiger partial charge is 0.325 e. The second kappa shape index (κ2) is 8.64. The molecule has 0 unspecified atom stereocenters. The number of aliphatic hydroxyl groups is 1. The molecule has 186 valence electrons. The molecule has 2 saturated carbocycles. The molecular formula is C28H36N4O3. The highest BCUT2D eigenvalue weighted by Gasteiger charge is 2.56. The Morgan fingerprint density at radius 1 is 0.971 bits per heavy atom. The van der Waals surface area contributed by atoms with E-state index in [0.29, 0.717) is 18.7 Å². The normalized spacial score (nSPS) is 27.9. The third-order valence-electron chi connectivity index (χ3n) is 8.86. The number of primary amides is 1. The molecule has 1 spiro atoms. The molecule has 7 heteroatoms. The van der Waals surface area contributed by atoms with Gasteiger partial charge in [0.25, 0.3) is 0 Å². The number of hydrogen-bond donors (Lipinski definition) is 2. The summed E-state index contributed by atoms with van der Waals surface area (Å²) in [4.78, 5) is 31.5. The highest BCUT2D eigenvalue weighted by Crippen LogP contribution is 2.50. The Kier molecular flexibility index (Phi) is 5.88. The van der Waals surface area contributed by atoms with E-state index in [-0.39, 0.29) is 17.1 Å². The molecule has 2 aliphatic carbocycles. The number of urea groups is 1. The van der Waals surface area contributed by atoms with Crippen molar-refractivity contribution >= 4 is 17.6 Å². The topological polar surface area (TPSA) is 90.1 Å². The van der Waals surface area contributed by atoms with Gasteiger partial charge in [-0.3, -0.25) is 14.6 Å². The second-order valence-corrected chi connectivity index (χ2v) is 11.0. The van der Waals surface area contributed by atoms with Crippen LogP contribution in [0.1, 0.15) is 60.9 Å². The number of carbonyl (C=O) groups is 2. The van der Waals surface area contributed by atoms with Gasteiger partial charge in [-0.2, -0.15) is 0 Å². The number of hydrogen-bond acceptors (Lipinski definition) is 4. The molecular weight excluding hydrogens is 440 g/mol. The van der Waals surface area contributed by atoms with E-state index in [1.54, 1.807) is 24.3 Å². The fraction of sp³-hybridized carbons (Fsp3) is 0.500. The van der Waals surface area contributed by atoms with Crippen LogP contribution < -0.4 is 10.6 Å². The summed E-state index contributed by atoms with van der Waals surface area (Å²) >= 11 is 0. The summed E-state index contributed by atoms with van der Waals surface area (Å²) in [6.07, 6.45) is 6.07.